The third kappa shape index (κ3) is 4.66. The van der Waals surface area contributed by atoms with E-state index in [9.17, 15) is 14.9 Å². The number of aromatic nitrogens is 4. The normalized spacial score (nSPS) is 15.7. The molecule has 0 aliphatic carbocycles. The number of carbonyl (C=O) groups is 2. The highest BCUT2D eigenvalue weighted by Gasteiger charge is 2.36. The summed E-state index contributed by atoms with van der Waals surface area (Å²) in [6.45, 7) is 4.38. The van der Waals surface area contributed by atoms with Gasteiger partial charge in [0.25, 0.3) is 5.91 Å². The molecule has 1 unspecified atom stereocenters. The maximum atomic E-state index is 13.0. The van der Waals surface area contributed by atoms with E-state index < -0.39 is 5.41 Å². The number of nitrogen functional groups attached to an aromatic ring is 1. The van der Waals surface area contributed by atoms with E-state index in [0.717, 1.165) is 24.2 Å². The molecule has 1 aliphatic rings. The molecule has 3 aromatic heterocycles. The Labute approximate surface area is 220 Å². The van der Waals surface area contributed by atoms with Crippen LogP contribution >= 0.6 is 0 Å². The number of nitrogens with two attached hydrogens (primary N) is 1. The third-order valence-corrected chi connectivity index (χ3v) is 6.83. The molecule has 192 valence electrons. The lowest BCUT2D eigenvalue weighted by molar-refractivity contribution is -0.138. The first-order chi connectivity index (χ1) is 18.3. The Morgan fingerprint density at radius 3 is 2.63 bits per heavy atom. The lowest BCUT2D eigenvalue weighted by Crippen LogP contribution is -2.45. The molecule has 1 fully saturated rings. The number of amides is 2. The van der Waals surface area contributed by atoms with Crippen LogP contribution in [0.1, 0.15) is 48.8 Å². The molecule has 4 heterocycles. The molecule has 1 saturated heterocycles. The highest BCUT2D eigenvalue weighted by molar-refractivity contribution is 6.04. The van der Waals surface area contributed by atoms with Crippen molar-refractivity contribution in [3.63, 3.8) is 0 Å². The van der Waals surface area contributed by atoms with E-state index in [1.54, 1.807) is 61.5 Å². The smallest absolute Gasteiger partial charge is 0.256 e. The molecule has 1 atom stereocenters. The number of benzene rings is 1. The molecule has 1 aromatic carbocycles. The Hall–Kier alpha value is -4.78. The van der Waals surface area contributed by atoms with Gasteiger partial charge in [0, 0.05) is 48.7 Å². The van der Waals surface area contributed by atoms with E-state index in [1.165, 1.54) is 0 Å². The zero-order valence-corrected chi connectivity index (χ0v) is 21.3. The average molecular weight is 509 g/mol. The van der Waals surface area contributed by atoms with Crippen LogP contribution in [0.4, 0.5) is 11.6 Å². The van der Waals surface area contributed by atoms with Crippen LogP contribution in [0.25, 0.3) is 16.8 Å². The summed E-state index contributed by atoms with van der Waals surface area (Å²) in [5.41, 5.74) is 7.83. The SMILES string of the molecule is CC(C)(C#N)C(=O)N1CCCC(c2nc(-c3ccc(C(=O)Nc4ccccn4)cc3)c3c(N)nccn23)C1. The molecule has 38 heavy (non-hydrogen) atoms. The second-order valence-corrected chi connectivity index (χ2v) is 9.92. The molecule has 3 N–H and O–H groups in total. The molecule has 0 saturated carbocycles. The van der Waals surface area contributed by atoms with Crippen LogP contribution in [0.3, 0.4) is 0 Å². The summed E-state index contributed by atoms with van der Waals surface area (Å²) in [7, 11) is 0. The van der Waals surface area contributed by atoms with E-state index in [2.05, 4.69) is 21.4 Å². The number of nitrogens with zero attached hydrogens (tertiary/aromatic N) is 6. The van der Waals surface area contributed by atoms with Gasteiger partial charge < -0.3 is 16.0 Å². The van der Waals surface area contributed by atoms with Crippen LogP contribution in [0.15, 0.2) is 61.1 Å². The number of nitriles is 1. The number of hydrogen-bond acceptors (Lipinski definition) is 7. The molecule has 2 amide bonds. The summed E-state index contributed by atoms with van der Waals surface area (Å²) in [5.74, 6) is 1.13. The van der Waals surface area contributed by atoms with Crippen molar-refractivity contribution in [2.75, 3.05) is 24.1 Å². The van der Waals surface area contributed by atoms with Crippen LogP contribution in [0, 0.1) is 16.7 Å². The fourth-order valence-electron chi connectivity index (χ4n) is 4.80. The zero-order valence-electron chi connectivity index (χ0n) is 21.3. The van der Waals surface area contributed by atoms with Crippen molar-refractivity contribution in [1.29, 1.82) is 5.26 Å². The Bertz CT molecular complexity index is 1540. The first kappa shape index (κ1) is 24.9. The molecule has 1 aliphatic heterocycles. The number of imidazole rings is 1. The number of fused-ring (bicyclic) bond motifs is 1. The topological polar surface area (TPSA) is 142 Å². The van der Waals surface area contributed by atoms with Crippen molar-refractivity contribution in [3.05, 3.63) is 72.4 Å². The van der Waals surface area contributed by atoms with Gasteiger partial charge in [-0.05, 0) is 51.0 Å². The molecule has 0 bridgehead atoms. The Morgan fingerprint density at radius 2 is 1.92 bits per heavy atom. The van der Waals surface area contributed by atoms with E-state index >= 15 is 0 Å². The number of carbonyl (C=O) groups excluding carboxylic acids is 2. The van der Waals surface area contributed by atoms with Crippen LogP contribution in [-0.4, -0.2) is 49.2 Å². The number of anilines is 2. The fraction of sp³-hybridized carbons (Fsp3) is 0.286. The molecule has 4 aromatic rings. The predicted molar refractivity (Wildman–Crippen MR) is 143 cm³/mol. The van der Waals surface area contributed by atoms with Gasteiger partial charge >= 0.3 is 0 Å². The summed E-state index contributed by atoms with van der Waals surface area (Å²) in [5, 5.41) is 12.2. The van der Waals surface area contributed by atoms with Gasteiger partial charge in [-0.15, -0.1) is 0 Å². The minimum atomic E-state index is -1.08. The minimum Gasteiger partial charge on any atom is -0.382 e. The Morgan fingerprint density at radius 1 is 1.13 bits per heavy atom. The number of nitrogens with one attached hydrogen (secondary N) is 1. The van der Waals surface area contributed by atoms with Gasteiger partial charge in [-0.2, -0.15) is 5.26 Å². The maximum Gasteiger partial charge on any atom is 0.256 e. The summed E-state index contributed by atoms with van der Waals surface area (Å²) in [4.78, 5) is 40.8. The molecule has 10 nitrogen and oxygen atoms in total. The highest BCUT2D eigenvalue weighted by atomic mass is 16.2. The van der Waals surface area contributed by atoms with Crippen molar-refractivity contribution in [3.8, 4) is 17.3 Å². The average Bonchev–Trinajstić information content (AvgIpc) is 3.34. The van der Waals surface area contributed by atoms with Gasteiger partial charge in [0.2, 0.25) is 5.91 Å². The third-order valence-electron chi connectivity index (χ3n) is 6.83. The lowest BCUT2D eigenvalue weighted by Gasteiger charge is -2.35. The summed E-state index contributed by atoms with van der Waals surface area (Å²) in [6.07, 6.45) is 6.73. The minimum absolute atomic E-state index is 0.0336. The Balaban J connectivity index is 1.46. The van der Waals surface area contributed by atoms with Crippen LogP contribution in [0.5, 0.6) is 0 Å². The van der Waals surface area contributed by atoms with Crippen molar-refractivity contribution in [2.45, 2.75) is 32.6 Å². The molecule has 0 radical (unpaired) electrons. The first-order valence-electron chi connectivity index (χ1n) is 12.4. The lowest BCUT2D eigenvalue weighted by atomic mass is 9.90. The van der Waals surface area contributed by atoms with Crippen molar-refractivity contribution in [1.82, 2.24) is 24.3 Å². The quantitative estimate of drug-likeness (QED) is 0.416. The van der Waals surface area contributed by atoms with Crippen molar-refractivity contribution in [2.24, 2.45) is 5.41 Å². The molecule has 5 rings (SSSR count). The van der Waals surface area contributed by atoms with E-state index in [4.69, 9.17) is 10.7 Å². The highest BCUT2D eigenvalue weighted by Crippen LogP contribution is 2.35. The number of hydrogen-bond donors (Lipinski definition) is 2. The summed E-state index contributed by atoms with van der Waals surface area (Å²) < 4.78 is 1.94. The van der Waals surface area contributed by atoms with Gasteiger partial charge in [-0.25, -0.2) is 15.0 Å². The largest absolute Gasteiger partial charge is 0.382 e. The summed E-state index contributed by atoms with van der Waals surface area (Å²) >= 11 is 0. The number of pyridine rings is 1. The second kappa shape index (κ2) is 9.94. The van der Waals surface area contributed by atoms with Crippen LogP contribution in [0.2, 0.25) is 0 Å². The predicted octanol–water partition coefficient (Wildman–Crippen LogP) is 3.88. The molecular formula is C28H28N8O2. The monoisotopic (exact) mass is 508 g/mol. The van der Waals surface area contributed by atoms with Crippen molar-refractivity contribution >= 4 is 29.0 Å². The van der Waals surface area contributed by atoms with E-state index in [-0.39, 0.29) is 17.7 Å². The summed E-state index contributed by atoms with van der Waals surface area (Å²) in [6, 6.07) is 14.5. The van der Waals surface area contributed by atoms with Gasteiger partial charge in [0.1, 0.15) is 34.1 Å². The second-order valence-electron chi connectivity index (χ2n) is 9.92. The maximum absolute atomic E-state index is 13.0. The number of rotatable bonds is 5. The van der Waals surface area contributed by atoms with Gasteiger partial charge in [0.05, 0.1) is 6.07 Å². The van der Waals surface area contributed by atoms with E-state index in [1.807, 2.05) is 22.7 Å². The van der Waals surface area contributed by atoms with Crippen molar-refractivity contribution < 1.29 is 9.59 Å². The van der Waals surface area contributed by atoms with Crippen LogP contribution < -0.4 is 11.1 Å². The fourth-order valence-corrected chi connectivity index (χ4v) is 4.80. The van der Waals surface area contributed by atoms with E-state index in [0.29, 0.717) is 41.5 Å². The van der Waals surface area contributed by atoms with Crippen LogP contribution in [-0.2, 0) is 4.79 Å². The first-order valence-corrected chi connectivity index (χ1v) is 12.4. The number of piperidine rings is 1. The number of likely N-dealkylation sites (tertiary alicyclic amines) is 1. The molecule has 0 spiro atoms. The standard InChI is InChI=1S/C28H28N8O2/c1-28(2,17-29)27(38)35-14-5-6-20(16-35)25-34-22(23-24(30)32-13-15-36(23)25)18-8-10-19(11-9-18)26(37)33-21-7-3-4-12-31-21/h3-4,7-13,15,20H,5-6,14,16H2,1-2H3,(H2,30,32)(H,31,33,37). The van der Waals surface area contributed by atoms with Gasteiger partial charge in [-0.1, -0.05) is 18.2 Å². The van der Waals surface area contributed by atoms with Gasteiger partial charge in [-0.3, -0.25) is 14.0 Å². The molecular weight excluding hydrogens is 480 g/mol. The molecule has 10 heteroatoms. The zero-order chi connectivity index (χ0) is 26.9. The Kier molecular flexibility index (Phi) is 6.51. The van der Waals surface area contributed by atoms with Gasteiger partial charge in [0.15, 0.2) is 0 Å².